The van der Waals surface area contributed by atoms with E-state index in [9.17, 15) is 14.7 Å². The normalized spacial score (nSPS) is 13.4. The van der Waals surface area contributed by atoms with Crippen molar-refractivity contribution in [2.45, 2.75) is 133 Å². The number of thioether (sulfide) groups is 2. The molecule has 1 atom stereocenters. The first-order valence-electron chi connectivity index (χ1n) is 14.4. The maximum atomic E-state index is 12.7. The number of carbonyl (C=O) groups is 2. The lowest BCUT2D eigenvalue weighted by molar-refractivity contribution is -0.142. The highest BCUT2D eigenvalue weighted by atomic mass is 32.2. The molecule has 7 heteroatoms. The van der Waals surface area contributed by atoms with E-state index in [0.717, 1.165) is 32.0 Å². The van der Waals surface area contributed by atoms with Crippen molar-refractivity contribution in [3.05, 3.63) is 46.5 Å². The lowest BCUT2D eigenvalue weighted by atomic mass is 9.81. The van der Waals surface area contributed by atoms with Gasteiger partial charge in [0.25, 0.3) is 0 Å². The lowest BCUT2D eigenvalue weighted by Gasteiger charge is -2.28. The molecule has 2 N–H and O–H groups in total. The van der Waals surface area contributed by atoms with Gasteiger partial charge in [-0.2, -0.15) is 0 Å². The molecule has 0 heterocycles. The average Bonchev–Trinajstić information content (AvgIpc) is 2.77. The van der Waals surface area contributed by atoms with Gasteiger partial charge in [-0.3, -0.25) is 9.59 Å². The number of esters is 1. The fourth-order valence-electron chi connectivity index (χ4n) is 4.60. The van der Waals surface area contributed by atoms with Gasteiger partial charge in [-0.15, -0.1) is 23.5 Å². The van der Waals surface area contributed by atoms with Crippen molar-refractivity contribution in [1.82, 2.24) is 0 Å². The van der Waals surface area contributed by atoms with Crippen molar-refractivity contribution in [2.24, 2.45) is 5.41 Å². The molecule has 0 saturated carbocycles. The van der Waals surface area contributed by atoms with Gasteiger partial charge in [0, 0.05) is 20.9 Å². The molecule has 0 aromatic heterocycles. The standard InChI is InChI=1S/C34H50O5S2/c1-20(2)25-16-24(17-26(30(25)38)33(7,8)9)41-21(3)40-23-15-22(19-32(4,5)6)31(27(18-23)34(10,11)12)39-29(37)14-13-28(35)36/h15-18,20-21,38H,13-14,19H2,1-12H3,(H,35,36). The molecule has 41 heavy (non-hydrogen) atoms. The topological polar surface area (TPSA) is 83.8 Å². The predicted molar refractivity (Wildman–Crippen MR) is 173 cm³/mol. The zero-order valence-corrected chi connectivity index (χ0v) is 28.7. The van der Waals surface area contributed by atoms with E-state index >= 15 is 0 Å². The average molecular weight is 603 g/mol. The zero-order chi connectivity index (χ0) is 31.5. The Balaban J connectivity index is 2.51. The first kappa shape index (κ1) is 35.1. The number of aromatic hydroxyl groups is 1. The molecule has 5 nitrogen and oxygen atoms in total. The third-order valence-corrected chi connectivity index (χ3v) is 8.83. The minimum Gasteiger partial charge on any atom is -0.507 e. The molecule has 0 bridgehead atoms. The van der Waals surface area contributed by atoms with Crippen LogP contribution in [0.15, 0.2) is 34.1 Å². The number of aliphatic carboxylic acids is 1. The summed E-state index contributed by atoms with van der Waals surface area (Å²) < 4.78 is 6.08. The van der Waals surface area contributed by atoms with E-state index in [1.54, 1.807) is 23.5 Å². The summed E-state index contributed by atoms with van der Waals surface area (Å²) in [7, 11) is 0. The number of rotatable bonds is 10. The second kappa shape index (κ2) is 13.5. The first-order chi connectivity index (χ1) is 18.6. The quantitative estimate of drug-likeness (QED) is 0.121. The van der Waals surface area contributed by atoms with Crippen molar-refractivity contribution in [1.29, 1.82) is 0 Å². The highest BCUT2D eigenvalue weighted by Gasteiger charge is 2.28. The molecule has 0 aliphatic heterocycles. The zero-order valence-electron chi connectivity index (χ0n) is 27.0. The van der Waals surface area contributed by atoms with Crippen LogP contribution >= 0.6 is 23.5 Å². The summed E-state index contributed by atoms with van der Waals surface area (Å²) in [6.45, 7) is 25.5. The van der Waals surface area contributed by atoms with Gasteiger partial charge < -0.3 is 14.9 Å². The molecular formula is C34H50O5S2. The molecule has 0 fully saturated rings. The second-order valence-electron chi connectivity index (χ2n) is 14.4. The van der Waals surface area contributed by atoms with Gasteiger partial charge in [0.15, 0.2) is 0 Å². The monoisotopic (exact) mass is 602 g/mol. The van der Waals surface area contributed by atoms with Gasteiger partial charge in [-0.1, -0.05) is 76.2 Å². The number of carboxylic acids is 1. The Morgan fingerprint density at radius 3 is 1.78 bits per heavy atom. The lowest BCUT2D eigenvalue weighted by Crippen LogP contribution is -2.20. The van der Waals surface area contributed by atoms with Gasteiger partial charge in [-0.25, -0.2) is 0 Å². The Hall–Kier alpha value is -2.12. The number of carbonyl (C=O) groups excluding carboxylic acids is 1. The van der Waals surface area contributed by atoms with Gasteiger partial charge in [0.2, 0.25) is 0 Å². The summed E-state index contributed by atoms with van der Waals surface area (Å²) >= 11 is 3.54. The SMILES string of the molecule is CC(Sc1cc(C(C)C)c(O)c(C(C)(C)C)c1)Sc1cc(CC(C)(C)C)c(OC(=O)CCC(=O)O)c(C(C)(C)C)c1. The minimum absolute atomic E-state index is 0.0519. The smallest absolute Gasteiger partial charge is 0.311 e. The van der Waals surface area contributed by atoms with Crippen LogP contribution in [0.4, 0.5) is 0 Å². The maximum Gasteiger partial charge on any atom is 0.311 e. The van der Waals surface area contributed by atoms with E-state index in [2.05, 4.69) is 107 Å². The molecule has 2 aromatic carbocycles. The largest absolute Gasteiger partial charge is 0.507 e. The molecule has 0 spiro atoms. The number of hydrogen-bond acceptors (Lipinski definition) is 6. The minimum atomic E-state index is -1.02. The second-order valence-corrected chi connectivity index (χ2v) is 17.6. The van der Waals surface area contributed by atoms with Crippen molar-refractivity contribution in [2.75, 3.05) is 0 Å². The van der Waals surface area contributed by atoms with Gasteiger partial charge in [-0.05, 0) is 70.9 Å². The van der Waals surface area contributed by atoms with E-state index in [1.807, 2.05) is 0 Å². The summed E-state index contributed by atoms with van der Waals surface area (Å²) in [5.41, 5.74) is 3.28. The van der Waals surface area contributed by atoms with Gasteiger partial charge >= 0.3 is 11.9 Å². The Labute approximate surface area is 256 Å². The summed E-state index contributed by atoms with van der Waals surface area (Å²) in [6.07, 6.45) is 0.283. The van der Waals surface area contributed by atoms with Crippen LogP contribution in [0.2, 0.25) is 0 Å². The fourth-order valence-corrected chi connectivity index (χ4v) is 7.00. The third-order valence-electron chi connectivity index (χ3n) is 6.57. The van der Waals surface area contributed by atoms with Crippen LogP contribution in [0.5, 0.6) is 11.5 Å². The van der Waals surface area contributed by atoms with Crippen LogP contribution in [-0.4, -0.2) is 26.7 Å². The van der Waals surface area contributed by atoms with E-state index in [1.165, 1.54) is 0 Å². The van der Waals surface area contributed by atoms with Crippen LogP contribution in [0.3, 0.4) is 0 Å². The van der Waals surface area contributed by atoms with E-state index in [-0.39, 0.29) is 39.6 Å². The molecule has 0 radical (unpaired) electrons. The highest BCUT2D eigenvalue weighted by Crippen LogP contribution is 2.45. The molecule has 2 aromatic rings. The first-order valence-corrected chi connectivity index (χ1v) is 16.1. The van der Waals surface area contributed by atoms with Crippen molar-refractivity contribution in [3.63, 3.8) is 0 Å². The van der Waals surface area contributed by atoms with Crippen molar-refractivity contribution >= 4 is 35.5 Å². The van der Waals surface area contributed by atoms with E-state index in [0.29, 0.717) is 17.9 Å². The summed E-state index contributed by atoms with van der Waals surface area (Å²) in [5, 5.41) is 20.0. The molecule has 228 valence electrons. The molecule has 0 saturated heterocycles. The molecule has 2 rings (SSSR count). The number of hydrogen-bond donors (Lipinski definition) is 2. The molecule has 0 aliphatic rings. The highest BCUT2D eigenvalue weighted by molar-refractivity contribution is 8.17. The Bertz CT molecular complexity index is 1240. The number of phenols is 1. The molecule has 0 aliphatic carbocycles. The van der Waals surface area contributed by atoms with E-state index < -0.39 is 11.9 Å². The van der Waals surface area contributed by atoms with Crippen LogP contribution in [-0.2, 0) is 26.8 Å². The molecule has 0 amide bonds. The maximum absolute atomic E-state index is 12.7. The van der Waals surface area contributed by atoms with E-state index in [4.69, 9.17) is 9.84 Å². The number of benzene rings is 2. The third kappa shape index (κ3) is 10.6. The van der Waals surface area contributed by atoms with Crippen LogP contribution < -0.4 is 4.74 Å². The Kier molecular flexibility index (Phi) is 11.5. The number of ether oxygens (including phenoxy) is 1. The van der Waals surface area contributed by atoms with Gasteiger partial charge in [0.05, 0.1) is 17.4 Å². The van der Waals surface area contributed by atoms with Crippen LogP contribution in [0.1, 0.15) is 124 Å². The Morgan fingerprint density at radius 1 is 0.805 bits per heavy atom. The fraction of sp³-hybridized carbons (Fsp3) is 0.588. The van der Waals surface area contributed by atoms with Gasteiger partial charge in [0.1, 0.15) is 11.5 Å². The van der Waals surface area contributed by atoms with Crippen molar-refractivity contribution < 1.29 is 24.5 Å². The number of phenolic OH excluding ortho intramolecular Hbond substituents is 1. The Morgan fingerprint density at radius 2 is 1.32 bits per heavy atom. The summed E-state index contributed by atoms with van der Waals surface area (Å²) in [5.74, 6) is -0.385. The van der Waals surface area contributed by atoms with Crippen molar-refractivity contribution in [3.8, 4) is 11.5 Å². The summed E-state index contributed by atoms with van der Waals surface area (Å²) in [6, 6.07) is 8.47. The molecular weight excluding hydrogens is 553 g/mol. The van der Waals surface area contributed by atoms with Crippen LogP contribution in [0, 0.1) is 5.41 Å². The van der Waals surface area contributed by atoms with Crippen LogP contribution in [0.25, 0.3) is 0 Å². The summed E-state index contributed by atoms with van der Waals surface area (Å²) in [4.78, 5) is 25.9. The number of carboxylic acid groups (broad SMARTS) is 1. The predicted octanol–water partition coefficient (Wildman–Crippen LogP) is 9.70. The molecule has 1 unspecified atom stereocenters.